The number of nitrogens with zero attached hydrogens (tertiary/aromatic N) is 2. The molecule has 140 valence electrons. The summed E-state index contributed by atoms with van der Waals surface area (Å²) < 4.78 is 11.6. The quantitative estimate of drug-likeness (QED) is 0.868. The van der Waals surface area contributed by atoms with Crippen LogP contribution in [0.4, 0.5) is 11.8 Å². The lowest BCUT2D eigenvalue weighted by molar-refractivity contribution is -0.0340. The molecule has 0 aliphatic carbocycles. The highest BCUT2D eigenvalue weighted by atomic mass is 16.5. The Bertz CT molecular complexity index is 563. The molecule has 1 aromatic rings. The van der Waals surface area contributed by atoms with Gasteiger partial charge < -0.3 is 20.1 Å². The Morgan fingerprint density at radius 3 is 1.84 bits per heavy atom. The number of aryl methyl sites for hydroxylation is 1. The van der Waals surface area contributed by atoms with E-state index in [2.05, 4.69) is 50.2 Å². The fraction of sp³-hybridized carbons (Fsp3) is 0.789. The largest absolute Gasteiger partial charge is 0.375 e. The van der Waals surface area contributed by atoms with Gasteiger partial charge in [0.05, 0.1) is 24.4 Å². The van der Waals surface area contributed by atoms with Crippen molar-refractivity contribution in [1.29, 1.82) is 0 Å². The van der Waals surface area contributed by atoms with Gasteiger partial charge in [-0.2, -0.15) is 4.98 Å². The van der Waals surface area contributed by atoms with Gasteiger partial charge in [0.2, 0.25) is 5.95 Å². The molecule has 6 heteroatoms. The van der Waals surface area contributed by atoms with Gasteiger partial charge in [-0.25, -0.2) is 4.98 Å². The molecule has 2 aliphatic heterocycles. The second-order valence-corrected chi connectivity index (χ2v) is 7.87. The summed E-state index contributed by atoms with van der Waals surface area (Å²) in [5, 5.41) is 7.11. The summed E-state index contributed by atoms with van der Waals surface area (Å²) >= 11 is 0. The Balaban J connectivity index is 1.66. The van der Waals surface area contributed by atoms with Crippen molar-refractivity contribution in [1.82, 2.24) is 9.97 Å². The van der Waals surface area contributed by atoms with Crippen molar-refractivity contribution in [3.05, 3.63) is 11.8 Å². The molecule has 25 heavy (non-hydrogen) atoms. The fourth-order valence-corrected chi connectivity index (χ4v) is 4.08. The molecule has 0 aromatic carbocycles. The third kappa shape index (κ3) is 5.05. The lowest BCUT2D eigenvalue weighted by Gasteiger charge is -2.33. The van der Waals surface area contributed by atoms with Crippen LogP contribution in [0.1, 0.15) is 58.9 Å². The first-order chi connectivity index (χ1) is 11.9. The molecule has 2 N–H and O–H groups in total. The zero-order chi connectivity index (χ0) is 18.0. The molecule has 0 saturated carbocycles. The van der Waals surface area contributed by atoms with Crippen LogP contribution in [0.5, 0.6) is 0 Å². The third-order valence-electron chi connectivity index (χ3n) is 5.04. The standard InChI is InChI=1S/C19H32N4O2/c1-11-10-20-19(22-17-8-14(4)25-15(5)9-17)23-18(11)21-16-6-12(2)24-13(3)7-16/h10,12-17H,6-9H2,1-5H3,(H2,20,21,22,23)/t12-,13+,14-,15-,16?/m0/s1. The first kappa shape index (κ1) is 18.4. The van der Waals surface area contributed by atoms with Gasteiger partial charge in [0.15, 0.2) is 0 Å². The average Bonchev–Trinajstić information content (AvgIpc) is 2.48. The number of hydrogen-bond acceptors (Lipinski definition) is 6. The van der Waals surface area contributed by atoms with Crippen molar-refractivity contribution in [3.63, 3.8) is 0 Å². The molecule has 2 fully saturated rings. The van der Waals surface area contributed by atoms with Crippen molar-refractivity contribution in [2.45, 2.75) is 96.8 Å². The van der Waals surface area contributed by atoms with E-state index < -0.39 is 0 Å². The van der Waals surface area contributed by atoms with Crippen molar-refractivity contribution in [2.24, 2.45) is 0 Å². The van der Waals surface area contributed by atoms with Crippen molar-refractivity contribution in [2.75, 3.05) is 10.6 Å². The summed E-state index contributed by atoms with van der Waals surface area (Å²) in [4.78, 5) is 9.22. The van der Waals surface area contributed by atoms with E-state index in [0.717, 1.165) is 37.1 Å². The second kappa shape index (κ2) is 7.87. The summed E-state index contributed by atoms with van der Waals surface area (Å²) in [6, 6.07) is 0.751. The summed E-state index contributed by atoms with van der Waals surface area (Å²) in [5.41, 5.74) is 1.08. The van der Waals surface area contributed by atoms with E-state index in [-0.39, 0.29) is 24.4 Å². The Morgan fingerprint density at radius 1 is 0.840 bits per heavy atom. The van der Waals surface area contributed by atoms with Gasteiger partial charge in [0, 0.05) is 23.8 Å². The number of ether oxygens (including phenoxy) is 2. The first-order valence-electron chi connectivity index (χ1n) is 9.56. The zero-order valence-electron chi connectivity index (χ0n) is 16.1. The predicted molar refractivity (Wildman–Crippen MR) is 100 cm³/mol. The lowest BCUT2D eigenvalue weighted by atomic mass is 10.00. The molecule has 3 heterocycles. The van der Waals surface area contributed by atoms with Gasteiger partial charge in [-0.05, 0) is 60.3 Å². The minimum absolute atomic E-state index is 0.273. The van der Waals surface area contributed by atoms with Crippen molar-refractivity contribution < 1.29 is 9.47 Å². The average molecular weight is 348 g/mol. The van der Waals surface area contributed by atoms with Crippen LogP contribution < -0.4 is 10.6 Å². The highest BCUT2D eigenvalue weighted by molar-refractivity contribution is 5.47. The zero-order valence-corrected chi connectivity index (χ0v) is 16.1. The fourth-order valence-electron chi connectivity index (χ4n) is 4.08. The minimum Gasteiger partial charge on any atom is -0.375 e. The maximum Gasteiger partial charge on any atom is 0.224 e. The van der Waals surface area contributed by atoms with Crippen LogP contribution in [0.15, 0.2) is 6.20 Å². The molecular weight excluding hydrogens is 316 g/mol. The van der Waals surface area contributed by atoms with Crippen LogP contribution in [0.25, 0.3) is 0 Å². The van der Waals surface area contributed by atoms with Gasteiger partial charge in [0.1, 0.15) is 5.82 Å². The van der Waals surface area contributed by atoms with Crippen LogP contribution >= 0.6 is 0 Å². The van der Waals surface area contributed by atoms with Gasteiger partial charge >= 0.3 is 0 Å². The molecule has 6 nitrogen and oxygen atoms in total. The second-order valence-electron chi connectivity index (χ2n) is 7.87. The first-order valence-corrected chi connectivity index (χ1v) is 9.56. The molecule has 5 atom stereocenters. The van der Waals surface area contributed by atoms with E-state index in [4.69, 9.17) is 14.5 Å². The van der Waals surface area contributed by atoms with Crippen molar-refractivity contribution >= 4 is 11.8 Å². The van der Waals surface area contributed by atoms with Crippen molar-refractivity contribution in [3.8, 4) is 0 Å². The Hall–Kier alpha value is -1.40. The van der Waals surface area contributed by atoms with Crippen LogP contribution in [0, 0.1) is 6.92 Å². The van der Waals surface area contributed by atoms with Gasteiger partial charge in [-0.1, -0.05) is 0 Å². The predicted octanol–water partition coefficient (Wildman–Crippen LogP) is 3.52. The molecule has 0 bridgehead atoms. The van der Waals surface area contributed by atoms with Gasteiger partial charge in [0.25, 0.3) is 0 Å². The molecule has 0 spiro atoms. The van der Waals surface area contributed by atoms with E-state index in [1.165, 1.54) is 0 Å². The maximum absolute atomic E-state index is 5.83. The lowest BCUT2D eigenvalue weighted by Crippen LogP contribution is -2.38. The van der Waals surface area contributed by atoms with Crippen LogP contribution in [0.2, 0.25) is 0 Å². The SMILES string of the molecule is Cc1cnc(NC2C[C@H](C)O[C@@H](C)C2)nc1NC1C[C@@H](C)O[C@@H](C)C1. The van der Waals surface area contributed by atoms with E-state index >= 15 is 0 Å². The Labute approximate surface area is 151 Å². The molecule has 3 rings (SSSR count). The number of aromatic nitrogens is 2. The Kier molecular flexibility index (Phi) is 5.79. The van der Waals surface area contributed by atoms with E-state index in [1.807, 2.05) is 6.20 Å². The van der Waals surface area contributed by atoms with Gasteiger partial charge in [-0.3, -0.25) is 0 Å². The Morgan fingerprint density at radius 2 is 1.32 bits per heavy atom. The summed E-state index contributed by atoms with van der Waals surface area (Å²) in [6.45, 7) is 10.6. The summed E-state index contributed by atoms with van der Waals surface area (Å²) in [5.74, 6) is 1.63. The molecule has 0 radical (unpaired) electrons. The van der Waals surface area contributed by atoms with Crippen LogP contribution in [-0.2, 0) is 9.47 Å². The van der Waals surface area contributed by atoms with Gasteiger partial charge in [-0.15, -0.1) is 0 Å². The summed E-state index contributed by atoms with van der Waals surface area (Å²) in [6.07, 6.45) is 6.99. The molecule has 1 unspecified atom stereocenters. The van der Waals surface area contributed by atoms with E-state index in [1.54, 1.807) is 0 Å². The normalized spacial score (nSPS) is 36.0. The summed E-state index contributed by atoms with van der Waals surface area (Å²) in [7, 11) is 0. The van der Waals surface area contributed by atoms with E-state index in [9.17, 15) is 0 Å². The third-order valence-corrected chi connectivity index (χ3v) is 5.04. The number of hydrogen-bond donors (Lipinski definition) is 2. The highest BCUT2D eigenvalue weighted by Gasteiger charge is 2.26. The molecule has 1 aromatic heterocycles. The topological polar surface area (TPSA) is 68.3 Å². The monoisotopic (exact) mass is 348 g/mol. The number of nitrogens with one attached hydrogen (secondary N) is 2. The molecule has 2 aliphatic rings. The minimum atomic E-state index is 0.273. The number of anilines is 2. The molecular formula is C19H32N4O2. The maximum atomic E-state index is 5.83. The smallest absolute Gasteiger partial charge is 0.224 e. The van der Waals surface area contributed by atoms with Crippen LogP contribution in [-0.4, -0.2) is 46.5 Å². The molecule has 2 saturated heterocycles. The number of rotatable bonds is 4. The molecule has 0 amide bonds. The highest BCUT2D eigenvalue weighted by Crippen LogP contribution is 2.25. The van der Waals surface area contributed by atoms with E-state index in [0.29, 0.717) is 18.0 Å². The van der Waals surface area contributed by atoms with Crippen LogP contribution in [0.3, 0.4) is 0 Å².